The third kappa shape index (κ3) is 6.31. The Morgan fingerprint density at radius 1 is 1.24 bits per heavy atom. The van der Waals surface area contributed by atoms with Crippen molar-refractivity contribution in [2.24, 2.45) is 0 Å². The molecule has 116 valence electrons. The van der Waals surface area contributed by atoms with E-state index in [0.29, 0.717) is 19.3 Å². The molecule has 1 heterocycles. The van der Waals surface area contributed by atoms with Crippen molar-refractivity contribution in [2.45, 2.75) is 26.2 Å². The second-order valence-corrected chi connectivity index (χ2v) is 4.45. The number of nitrogens with one attached hydrogen (secondary N) is 1. The molecular formula is C14H20N2O5. The van der Waals surface area contributed by atoms with Crippen molar-refractivity contribution in [1.29, 1.82) is 0 Å². The molecule has 0 saturated carbocycles. The van der Waals surface area contributed by atoms with Gasteiger partial charge in [0.2, 0.25) is 5.91 Å². The molecule has 0 radical (unpaired) electrons. The van der Waals surface area contributed by atoms with Crippen molar-refractivity contribution in [1.82, 2.24) is 10.2 Å². The second-order valence-electron chi connectivity index (χ2n) is 4.45. The summed E-state index contributed by atoms with van der Waals surface area (Å²) < 4.78 is 12.1. The molecule has 0 spiro atoms. The van der Waals surface area contributed by atoms with E-state index < -0.39 is 17.7 Å². The van der Waals surface area contributed by atoms with E-state index in [4.69, 9.17) is 6.11 Å². The van der Waals surface area contributed by atoms with Crippen LogP contribution in [0.3, 0.4) is 0 Å². The average molecular weight is 297 g/mol. The molecule has 0 aromatic rings. The number of hydrogen-bond acceptors (Lipinski definition) is 5. The Bertz CT molecular complexity index is 446. The molecule has 0 bridgehead atoms. The Labute approximate surface area is 124 Å². The fourth-order valence-corrected chi connectivity index (χ4v) is 1.66. The predicted molar refractivity (Wildman–Crippen MR) is 74.2 cm³/mol. The Balaban J connectivity index is 2.03. The second kappa shape index (κ2) is 9.02. The molecule has 0 saturated heterocycles. The predicted octanol–water partition coefficient (Wildman–Crippen LogP) is -0.196. The molecule has 0 fully saturated rings. The van der Waals surface area contributed by atoms with Crippen LogP contribution in [0.5, 0.6) is 0 Å². The minimum absolute atomic E-state index is 0.0647. The van der Waals surface area contributed by atoms with Gasteiger partial charge in [-0.25, -0.2) is 0 Å². The van der Waals surface area contributed by atoms with E-state index in [1.165, 1.54) is 0 Å². The van der Waals surface area contributed by atoms with Gasteiger partial charge in [-0.05, 0) is 6.42 Å². The van der Waals surface area contributed by atoms with Crippen LogP contribution in [0, 0.1) is 0 Å². The van der Waals surface area contributed by atoms with Crippen LogP contribution < -0.4 is 5.32 Å². The van der Waals surface area contributed by atoms with Gasteiger partial charge in [0, 0.05) is 32.9 Å². The Kier molecular flexibility index (Phi) is 6.60. The summed E-state index contributed by atoms with van der Waals surface area (Å²) in [6.07, 6.45) is 3.51. The molecule has 1 aliphatic rings. The molecule has 7 heteroatoms. The molecular weight excluding hydrogens is 276 g/mol. The van der Waals surface area contributed by atoms with Crippen molar-refractivity contribution >= 4 is 23.5 Å². The summed E-state index contributed by atoms with van der Waals surface area (Å²) in [6, 6.07) is 0. The van der Waals surface area contributed by atoms with Crippen molar-refractivity contribution < 1.29 is 25.3 Å². The first kappa shape index (κ1) is 15.4. The summed E-state index contributed by atoms with van der Waals surface area (Å²) in [7, 11) is 0. The quantitative estimate of drug-likeness (QED) is 0.445. The topological polar surface area (TPSA) is 92.8 Å². The molecule has 0 aromatic carbocycles. The summed E-state index contributed by atoms with van der Waals surface area (Å²) in [5.41, 5.74) is 0. The molecule has 0 aromatic heterocycles. The van der Waals surface area contributed by atoms with E-state index in [2.05, 4.69) is 5.32 Å². The van der Waals surface area contributed by atoms with Gasteiger partial charge >= 0.3 is 0 Å². The minimum atomic E-state index is -0.498. The zero-order valence-electron chi connectivity index (χ0n) is 12.8. The highest BCUT2D eigenvalue weighted by Crippen LogP contribution is 2.02. The first-order valence-electron chi connectivity index (χ1n) is 7.44. The van der Waals surface area contributed by atoms with Crippen molar-refractivity contribution in [3.8, 4) is 0 Å². The van der Waals surface area contributed by atoms with Crippen LogP contribution in [-0.2, 0) is 23.9 Å². The van der Waals surface area contributed by atoms with E-state index in [0.717, 1.165) is 17.1 Å². The average Bonchev–Trinajstić information content (AvgIpc) is 2.80. The molecule has 0 aliphatic carbocycles. The highest BCUT2D eigenvalue weighted by Gasteiger charge is 2.25. The summed E-state index contributed by atoms with van der Waals surface area (Å²) in [4.78, 5) is 46.2. The van der Waals surface area contributed by atoms with Crippen molar-refractivity contribution in [3.63, 3.8) is 0 Å². The number of imide groups is 1. The number of nitrogens with zero attached hydrogens (tertiary/aromatic N) is 1. The number of carbonyl (C=O) groups is 4. The van der Waals surface area contributed by atoms with Gasteiger partial charge in [-0.3, -0.25) is 24.1 Å². The van der Waals surface area contributed by atoms with Gasteiger partial charge in [0.15, 0.2) is 0 Å². The van der Waals surface area contributed by atoms with Gasteiger partial charge in [-0.15, -0.1) is 0 Å². The maximum Gasteiger partial charge on any atom is 0.254 e. The van der Waals surface area contributed by atoms with E-state index in [1.54, 1.807) is 0 Å². The standard InChI is InChI=1S/C14H20N2O5/c1-2-3-11(17)6-8-21-9-7-15-12(18)10-16-13(19)4-5-14(16)20/h4-5H,2-3,6-10H2,1H3,(H,15,18)/i1D. The van der Waals surface area contributed by atoms with Crippen LogP contribution >= 0.6 is 0 Å². The molecule has 0 unspecified atom stereocenters. The van der Waals surface area contributed by atoms with Crippen LogP contribution in [0.4, 0.5) is 0 Å². The number of ether oxygens (including phenoxy) is 1. The number of carbonyl (C=O) groups excluding carboxylic acids is 4. The third-order valence-corrected chi connectivity index (χ3v) is 2.75. The van der Waals surface area contributed by atoms with Gasteiger partial charge in [-0.2, -0.15) is 0 Å². The van der Waals surface area contributed by atoms with Crippen LogP contribution in [0.1, 0.15) is 27.5 Å². The fraction of sp³-hybridized carbons (Fsp3) is 0.571. The zero-order valence-corrected chi connectivity index (χ0v) is 11.8. The molecule has 21 heavy (non-hydrogen) atoms. The van der Waals surface area contributed by atoms with E-state index in [1.807, 2.05) is 0 Å². The van der Waals surface area contributed by atoms with Gasteiger partial charge in [0.25, 0.3) is 11.8 Å². The van der Waals surface area contributed by atoms with Gasteiger partial charge < -0.3 is 10.1 Å². The first-order valence-corrected chi connectivity index (χ1v) is 6.73. The molecule has 1 rings (SSSR count). The Morgan fingerprint density at radius 3 is 2.62 bits per heavy atom. The summed E-state index contributed by atoms with van der Waals surface area (Å²) >= 11 is 0. The first-order chi connectivity index (χ1) is 10.5. The monoisotopic (exact) mass is 297 g/mol. The number of Topliss-reactive ketones (excluding diaryl/α,β-unsaturated/α-hetero) is 1. The highest BCUT2D eigenvalue weighted by molar-refractivity contribution is 6.14. The molecule has 3 amide bonds. The van der Waals surface area contributed by atoms with E-state index in [9.17, 15) is 19.2 Å². The fourth-order valence-electron chi connectivity index (χ4n) is 1.66. The van der Waals surface area contributed by atoms with Gasteiger partial charge in [0.1, 0.15) is 12.3 Å². The van der Waals surface area contributed by atoms with Gasteiger partial charge in [-0.1, -0.05) is 6.90 Å². The molecule has 1 aliphatic heterocycles. The Morgan fingerprint density at radius 2 is 1.95 bits per heavy atom. The summed E-state index contributed by atoms with van der Waals surface area (Å²) in [5, 5.41) is 2.53. The van der Waals surface area contributed by atoms with Crippen LogP contribution in [0.15, 0.2) is 12.2 Å². The largest absolute Gasteiger partial charge is 0.379 e. The smallest absolute Gasteiger partial charge is 0.254 e. The number of hydrogen-bond donors (Lipinski definition) is 1. The molecule has 7 nitrogen and oxygen atoms in total. The third-order valence-electron chi connectivity index (χ3n) is 2.75. The molecule has 0 atom stereocenters. The van der Waals surface area contributed by atoms with Crippen LogP contribution in [-0.4, -0.2) is 54.7 Å². The van der Waals surface area contributed by atoms with Crippen LogP contribution in [0.2, 0.25) is 0 Å². The lowest BCUT2D eigenvalue weighted by atomic mass is 10.2. The minimum Gasteiger partial charge on any atom is -0.379 e. The zero-order chi connectivity index (χ0) is 16.4. The lowest BCUT2D eigenvalue weighted by Crippen LogP contribution is -2.41. The van der Waals surface area contributed by atoms with Crippen molar-refractivity contribution in [3.05, 3.63) is 12.2 Å². The number of ketones is 1. The highest BCUT2D eigenvalue weighted by atomic mass is 16.5. The maximum atomic E-state index is 11.5. The van der Waals surface area contributed by atoms with Crippen molar-refractivity contribution in [2.75, 3.05) is 26.3 Å². The molecule has 1 N–H and O–H groups in total. The normalized spacial score (nSPS) is 14.5. The maximum absolute atomic E-state index is 11.5. The van der Waals surface area contributed by atoms with Crippen LogP contribution in [0.25, 0.3) is 0 Å². The lowest BCUT2D eigenvalue weighted by molar-refractivity contribution is -0.141. The SMILES string of the molecule is [2H]CCCC(=O)CCOCCNC(=O)CN1C(=O)C=CC1=O. The Hall–Kier alpha value is -2.02. The van der Waals surface area contributed by atoms with Gasteiger partial charge in [0.05, 0.1) is 13.2 Å². The van der Waals surface area contributed by atoms with E-state index in [-0.39, 0.29) is 39.0 Å². The number of amides is 3. The lowest BCUT2D eigenvalue weighted by Gasteiger charge is -2.13. The number of rotatable bonds is 10. The summed E-state index contributed by atoms with van der Waals surface area (Å²) in [5.74, 6) is -1.37. The van der Waals surface area contributed by atoms with E-state index >= 15 is 0 Å². The summed E-state index contributed by atoms with van der Waals surface area (Å²) in [6.45, 7) is 0.702.